The number of fused-ring (bicyclic) bond motifs is 2. The van der Waals surface area contributed by atoms with E-state index in [-0.39, 0.29) is 26.2 Å². The molecule has 0 atom stereocenters. The molecule has 0 spiro atoms. The molecule has 0 aliphatic heterocycles. The van der Waals surface area contributed by atoms with Crippen LogP contribution in [0.4, 0.5) is 0 Å². The number of aryl methyl sites for hydroxylation is 4. The zero-order valence-corrected chi connectivity index (χ0v) is 33.8. The minimum Gasteiger partial charge on any atom is -0.158 e. The maximum Gasteiger partial charge on any atom is 2.00 e. The van der Waals surface area contributed by atoms with Gasteiger partial charge < -0.3 is 0 Å². The van der Waals surface area contributed by atoms with E-state index >= 15 is 0 Å². The third kappa shape index (κ3) is 7.51. The van der Waals surface area contributed by atoms with Crippen LogP contribution in [0, 0.1) is 13.8 Å². The Labute approximate surface area is 310 Å². The van der Waals surface area contributed by atoms with Crippen molar-refractivity contribution < 1.29 is 26.2 Å². The van der Waals surface area contributed by atoms with Gasteiger partial charge in [0, 0.05) is 8.07 Å². The quantitative estimate of drug-likeness (QED) is 0.0596. The van der Waals surface area contributed by atoms with E-state index < -0.39 is 8.07 Å². The predicted molar refractivity (Wildman–Crippen MR) is 212 cm³/mol. The van der Waals surface area contributed by atoms with E-state index in [0.29, 0.717) is 0 Å². The summed E-state index contributed by atoms with van der Waals surface area (Å²) < 4.78 is 0. The molecule has 6 aromatic carbocycles. The van der Waals surface area contributed by atoms with Crippen LogP contribution in [-0.2, 0) is 39.0 Å². The van der Waals surface area contributed by atoms with Crippen LogP contribution >= 0.6 is 0 Å². The van der Waals surface area contributed by atoms with Gasteiger partial charge in [0.05, 0.1) is 0 Å². The average molecular weight is 726 g/mol. The van der Waals surface area contributed by atoms with Gasteiger partial charge in [0.1, 0.15) is 0 Å². The van der Waals surface area contributed by atoms with Crippen LogP contribution in [0.15, 0.2) is 97.1 Å². The van der Waals surface area contributed by atoms with Crippen molar-refractivity contribution in [3.05, 3.63) is 119 Å². The summed E-state index contributed by atoms with van der Waals surface area (Å²) >= 11 is 0. The molecule has 0 radical (unpaired) electrons. The van der Waals surface area contributed by atoms with Gasteiger partial charge in [0.15, 0.2) is 0 Å². The van der Waals surface area contributed by atoms with Crippen molar-refractivity contribution in [2.75, 3.05) is 0 Å². The summed E-state index contributed by atoms with van der Waals surface area (Å²) in [5.74, 6) is 0. The smallest absolute Gasteiger partial charge is 0.158 e. The van der Waals surface area contributed by atoms with Crippen LogP contribution in [0.2, 0.25) is 13.1 Å². The van der Waals surface area contributed by atoms with E-state index in [4.69, 9.17) is 0 Å². The Kier molecular flexibility index (Phi) is 12.4. The number of hydrogen-bond donors (Lipinski definition) is 0. The van der Waals surface area contributed by atoms with Crippen LogP contribution in [-0.4, -0.2) is 8.07 Å². The summed E-state index contributed by atoms with van der Waals surface area (Å²) in [6.45, 7) is 14.5. The van der Waals surface area contributed by atoms with E-state index in [0.717, 1.165) is 0 Å². The standard InChI is InChI=1S/C46H54Si.Zr/c1-7-9-11-13-17-35-23-27-37(28-24-35)41-21-15-19-39-31-33(3)45(43(39)41)47(5,6)46-34(4)32-40-20-16-22-42(44(40)46)38-29-25-36(26-30-38)18-14-12-10-8-2;/h15-16,19-32H,7-14,17-18H2,1-6H3;/q-2;+2. The van der Waals surface area contributed by atoms with Crippen molar-refractivity contribution in [3.8, 4) is 22.3 Å². The zero-order valence-electron chi connectivity index (χ0n) is 30.3. The van der Waals surface area contributed by atoms with Gasteiger partial charge >= 0.3 is 26.2 Å². The number of rotatable bonds is 14. The van der Waals surface area contributed by atoms with Gasteiger partial charge in [-0.2, -0.15) is 10.4 Å². The van der Waals surface area contributed by atoms with E-state index in [2.05, 4.69) is 138 Å². The second-order valence-corrected chi connectivity index (χ2v) is 18.8. The summed E-state index contributed by atoms with van der Waals surface area (Å²) in [5.41, 5.74) is 11.2. The summed E-state index contributed by atoms with van der Waals surface area (Å²) in [6.07, 6.45) is 12.8. The summed E-state index contributed by atoms with van der Waals surface area (Å²) in [5, 5.41) is 8.89. The Morgan fingerprint density at radius 3 is 1.27 bits per heavy atom. The summed E-state index contributed by atoms with van der Waals surface area (Å²) in [4.78, 5) is 0. The van der Waals surface area contributed by atoms with Gasteiger partial charge in [-0.25, -0.2) is 0 Å². The molecule has 0 saturated carbocycles. The molecule has 0 nitrogen and oxygen atoms in total. The first-order valence-corrected chi connectivity index (χ1v) is 21.4. The van der Waals surface area contributed by atoms with Gasteiger partial charge in [-0.05, 0) is 47.9 Å². The van der Waals surface area contributed by atoms with Crippen LogP contribution in [0.5, 0.6) is 0 Å². The van der Waals surface area contributed by atoms with Gasteiger partial charge in [-0.1, -0.05) is 151 Å². The van der Waals surface area contributed by atoms with Crippen molar-refractivity contribution >= 4 is 40.0 Å². The minimum absolute atomic E-state index is 0. The molecule has 0 fully saturated rings. The Bertz CT molecular complexity index is 1790. The van der Waals surface area contributed by atoms with Gasteiger partial charge in [-0.3, -0.25) is 0 Å². The Balaban J connectivity index is 0.00000451. The predicted octanol–water partition coefficient (Wildman–Crippen LogP) is 12.4. The topological polar surface area (TPSA) is 0 Å². The first-order valence-electron chi connectivity index (χ1n) is 18.4. The third-order valence-corrected chi connectivity index (χ3v) is 14.4. The molecule has 0 aliphatic rings. The molecule has 6 aromatic rings. The van der Waals surface area contributed by atoms with Crippen LogP contribution < -0.4 is 10.4 Å². The minimum atomic E-state index is -2.17. The molecule has 0 saturated heterocycles. The molecule has 246 valence electrons. The SMILES string of the molecule is CCCCCCc1ccc(-c2cccc3[cH-]c(C)c([Si](C)(C)c4c(C)[cH-]c5cccc(-c6ccc(CCCCCC)cc6)c45)c23)cc1.[Zr+2]. The fourth-order valence-electron chi connectivity index (χ4n) is 8.37. The molecule has 0 heterocycles. The fraction of sp³-hybridized carbons (Fsp3) is 0.348. The molecular formula is C46H54SiZr. The Hall–Kier alpha value is -2.80. The molecule has 0 bridgehead atoms. The normalized spacial score (nSPS) is 11.8. The Morgan fingerprint density at radius 1 is 0.500 bits per heavy atom. The Morgan fingerprint density at radius 2 is 0.896 bits per heavy atom. The van der Waals surface area contributed by atoms with Gasteiger partial charge in [-0.15, -0.1) is 69.1 Å². The number of unbranched alkanes of at least 4 members (excludes halogenated alkanes) is 6. The van der Waals surface area contributed by atoms with Crippen LogP contribution in [0.25, 0.3) is 43.8 Å². The third-order valence-electron chi connectivity index (χ3n) is 10.6. The number of benzene rings is 4. The van der Waals surface area contributed by atoms with Gasteiger partial charge in [0.2, 0.25) is 0 Å². The fourth-order valence-corrected chi connectivity index (χ4v) is 12.5. The van der Waals surface area contributed by atoms with Crippen molar-refractivity contribution in [2.45, 2.75) is 105 Å². The van der Waals surface area contributed by atoms with Gasteiger partial charge in [0.25, 0.3) is 0 Å². The first kappa shape index (κ1) is 36.5. The van der Waals surface area contributed by atoms with Crippen LogP contribution in [0.3, 0.4) is 0 Å². The van der Waals surface area contributed by atoms with E-state index in [9.17, 15) is 0 Å². The molecule has 2 heteroatoms. The van der Waals surface area contributed by atoms with E-state index in [1.54, 1.807) is 10.4 Å². The van der Waals surface area contributed by atoms with E-state index in [1.165, 1.54) is 130 Å². The molecule has 0 N–H and O–H groups in total. The largest absolute Gasteiger partial charge is 2.00 e. The van der Waals surface area contributed by atoms with Crippen molar-refractivity contribution in [1.29, 1.82) is 0 Å². The second-order valence-electron chi connectivity index (χ2n) is 14.6. The van der Waals surface area contributed by atoms with E-state index in [1.807, 2.05) is 0 Å². The summed E-state index contributed by atoms with van der Waals surface area (Å²) in [7, 11) is -2.17. The molecule has 6 rings (SSSR count). The van der Waals surface area contributed by atoms with Crippen molar-refractivity contribution in [1.82, 2.24) is 0 Å². The second kappa shape index (κ2) is 16.3. The molecule has 0 amide bonds. The first-order chi connectivity index (χ1) is 22.8. The van der Waals surface area contributed by atoms with Crippen LogP contribution in [0.1, 0.15) is 87.5 Å². The average Bonchev–Trinajstić information content (AvgIpc) is 3.62. The molecule has 0 aromatic heterocycles. The maximum atomic E-state index is 2.60. The zero-order chi connectivity index (χ0) is 33.0. The molecular weight excluding hydrogens is 672 g/mol. The monoisotopic (exact) mass is 724 g/mol. The molecule has 0 aliphatic carbocycles. The molecule has 48 heavy (non-hydrogen) atoms. The number of hydrogen-bond acceptors (Lipinski definition) is 0. The summed E-state index contributed by atoms with van der Waals surface area (Å²) in [6, 6.07) is 37.8. The van der Waals surface area contributed by atoms with Crippen molar-refractivity contribution in [3.63, 3.8) is 0 Å². The van der Waals surface area contributed by atoms with Crippen molar-refractivity contribution in [2.24, 2.45) is 0 Å². The molecule has 0 unspecified atom stereocenters. The maximum absolute atomic E-state index is 2.60.